The van der Waals surface area contributed by atoms with E-state index in [9.17, 15) is 0 Å². The van der Waals surface area contributed by atoms with Crippen molar-refractivity contribution in [2.75, 3.05) is 13.1 Å². The summed E-state index contributed by atoms with van der Waals surface area (Å²) in [6.07, 6.45) is 16.6. The summed E-state index contributed by atoms with van der Waals surface area (Å²) in [5.41, 5.74) is 1.37. The van der Waals surface area contributed by atoms with Crippen LogP contribution in [0, 0.1) is 12.3 Å². The fourth-order valence-electron chi connectivity index (χ4n) is 1.05. The lowest BCUT2D eigenvalue weighted by atomic mass is 10.2. The molecule has 0 spiro atoms. The van der Waals surface area contributed by atoms with Gasteiger partial charge in [-0.15, -0.1) is 6.42 Å². The molecule has 1 aliphatic rings. The molecule has 1 aliphatic carbocycles. The van der Waals surface area contributed by atoms with Crippen LogP contribution in [0.2, 0.25) is 0 Å². The highest BCUT2D eigenvalue weighted by atomic mass is 14.8. The third-order valence-corrected chi connectivity index (χ3v) is 1.65. The lowest BCUT2D eigenvalue weighted by Crippen LogP contribution is -2.16. The van der Waals surface area contributed by atoms with E-state index in [4.69, 9.17) is 6.42 Å². The summed E-state index contributed by atoms with van der Waals surface area (Å²) in [5.74, 6) is 2.55. The van der Waals surface area contributed by atoms with Gasteiger partial charge in [-0.1, -0.05) is 41.9 Å². The Morgan fingerprint density at radius 3 is 3.17 bits per heavy atom. The van der Waals surface area contributed by atoms with Gasteiger partial charge in [0.1, 0.15) is 0 Å². The van der Waals surface area contributed by atoms with E-state index in [0.717, 1.165) is 13.0 Å². The maximum absolute atomic E-state index is 5.12. The maximum Gasteiger partial charge on any atom is 0.0576 e. The number of terminal acetylenes is 1. The number of nitrogens with one attached hydrogen (secondary N) is 1. The zero-order valence-electron chi connectivity index (χ0n) is 7.09. The first-order chi connectivity index (χ1) is 5.93. The van der Waals surface area contributed by atoms with Gasteiger partial charge in [-0.05, 0) is 6.42 Å². The van der Waals surface area contributed by atoms with Gasteiger partial charge in [0, 0.05) is 6.54 Å². The Morgan fingerprint density at radius 2 is 2.33 bits per heavy atom. The normalized spacial score (nSPS) is 15.1. The first kappa shape index (κ1) is 8.83. The summed E-state index contributed by atoms with van der Waals surface area (Å²) in [6, 6.07) is 0. The van der Waals surface area contributed by atoms with Crippen LogP contribution in [-0.4, -0.2) is 13.1 Å². The summed E-state index contributed by atoms with van der Waals surface area (Å²) in [5, 5.41) is 3.16. The van der Waals surface area contributed by atoms with E-state index in [1.165, 1.54) is 5.57 Å². The lowest BCUT2D eigenvalue weighted by molar-refractivity contribution is 0.813. The second-order valence-corrected chi connectivity index (χ2v) is 2.65. The Bertz CT molecular complexity index is 251. The molecule has 0 aromatic carbocycles. The zero-order valence-corrected chi connectivity index (χ0v) is 7.09. The number of allylic oxidation sites excluding steroid dienone is 5. The molecule has 12 heavy (non-hydrogen) atoms. The molecule has 0 amide bonds. The average Bonchev–Trinajstić information content (AvgIpc) is 2.33. The maximum atomic E-state index is 5.12. The van der Waals surface area contributed by atoms with E-state index < -0.39 is 0 Å². The van der Waals surface area contributed by atoms with E-state index in [1.807, 2.05) is 6.08 Å². The third kappa shape index (κ3) is 3.23. The first-order valence-corrected chi connectivity index (χ1v) is 4.09. The molecule has 62 valence electrons. The monoisotopic (exact) mass is 159 g/mol. The molecular formula is C11H13N. The number of rotatable bonds is 3. The molecule has 0 aromatic heterocycles. The van der Waals surface area contributed by atoms with E-state index in [2.05, 4.69) is 35.5 Å². The van der Waals surface area contributed by atoms with Crippen molar-refractivity contribution >= 4 is 0 Å². The quantitative estimate of drug-likeness (QED) is 0.487. The van der Waals surface area contributed by atoms with E-state index in [-0.39, 0.29) is 0 Å². The minimum absolute atomic E-state index is 0.644. The highest BCUT2D eigenvalue weighted by Gasteiger charge is 1.93. The Hall–Kier alpha value is -1.26. The summed E-state index contributed by atoms with van der Waals surface area (Å²) in [4.78, 5) is 0. The topological polar surface area (TPSA) is 12.0 Å². The van der Waals surface area contributed by atoms with Crippen LogP contribution in [0.4, 0.5) is 0 Å². The molecule has 0 radical (unpaired) electrons. The van der Waals surface area contributed by atoms with Gasteiger partial charge in [-0.25, -0.2) is 0 Å². The molecule has 0 fully saturated rings. The van der Waals surface area contributed by atoms with Crippen LogP contribution in [0.3, 0.4) is 0 Å². The van der Waals surface area contributed by atoms with Gasteiger partial charge in [0.25, 0.3) is 0 Å². The predicted molar refractivity (Wildman–Crippen MR) is 52.7 cm³/mol. The van der Waals surface area contributed by atoms with Crippen molar-refractivity contribution in [2.45, 2.75) is 6.42 Å². The summed E-state index contributed by atoms with van der Waals surface area (Å²) < 4.78 is 0. The van der Waals surface area contributed by atoms with E-state index >= 15 is 0 Å². The molecule has 0 aliphatic heterocycles. The molecule has 0 heterocycles. The SMILES string of the molecule is C#CCNCC1=CC=CC=CC1. The van der Waals surface area contributed by atoms with Crippen molar-refractivity contribution in [3.63, 3.8) is 0 Å². The fourth-order valence-corrected chi connectivity index (χ4v) is 1.05. The van der Waals surface area contributed by atoms with Crippen LogP contribution in [0.15, 0.2) is 36.0 Å². The van der Waals surface area contributed by atoms with Crippen molar-refractivity contribution in [3.05, 3.63) is 36.0 Å². The van der Waals surface area contributed by atoms with Gasteiger partial charge in [0.05, 0.1) is 6.54 Å². The summed E-state index contributed by atoms with van der Waals surface area (Å²) in [7, 11) is 0. The van der Waals surface area contributed by atoms with Gasteiger partial charge in [0.15, 0.2) is 0 Å². The molecule has 0 atom stereocenters. The van der Waals surface area contributed by atoms with Crippen molar-refractivity contribution in [3.8, 4) is 12.3 Å². The highest BCUT2D eigenvalue weighted by molar-refractivity contribution is 5.24. The molecule has 0 saturated carbocycles. The fraction of sp³-hybridized carbons (Fsp3) is 0.273. The standard InChI is InChI=1S/C11H13N/c1-2-9-12-10-11-7-5-3-4-6-8-11/h1,3-7,12H,8-10H2. The first-order valence-electron chi connectivity index (χ1n) is 4.09. The molecule has 1 N–H and O–H groups in total. The minimum atomic E-state index is 0.644. The molecule has 1 rings (SSSR count). The molecule has 0 saturated heterocycles. The van der Waals surface area contributed by atoms with Gasteiger partial charge >= 0.3 is 0 Å². The molecule has 0 aromatic rings. The molecule has 1 nitrogen and oxygen atoms in total. The van der Waals surface area contributed by atoms with Crippen LogP contribution in [0.1, 0.15) is 6.42 Å². The molecule has 0 bridgehead atoms. The Balaban J connectivity index is 2.32. The Kier molecular flexibility index (Phi) is 3.97. The van der Waals surface area contributed by atoms with Crippen LogP contribution < -0.4 is 5.32 Å². The second-order valence-electron chi connectivity index (χ2n) is 2.65. The minimum Gasteiger partial charge on any atom is -0.302 e. The molecule has 1 heteroatoms. The Labute approximate surface area is 73.9 Å². The molecular weight excluding hydrogens is 146 g/mol. The second kappa shape index (κ2) is 5.40. The Morgan fingerprint density at radius 1 is 1.42 bits per heavy atom. The lowest BCUT2D eigenvalue weighted by Gasteiger charge is -2.02. The van der Waals surface area contributed by atoms with Crippen LogP contribution in [0.5, 0.6) is 0 Å². The highest BCUT2D eigenvalue weighted by Crippen LogP contribution is 2.04. The third-order valence-electron chi connectivity index (χ3n) is 1.65. The summed E-state index contributed by atoms with van der Waals surface area (Å²) in [6.45, 7) is 1.53. The van der Waals surface area contributed by atoms with Gasteiger partial charge in [0.2, 0.25) is 0 Å². The van der Waals surface area contributed by atoms with Crippen LogP contribution in [-0.2, 0) is 0 Å². The molecule has 0 unspecified atom stereocenters. The predicted octanol–water partition coefficient (Wildman–Crippen LogP) is 1.65. The number of hydrogen-bond donors (Lipinski definition) is 1. The van der Waals surface area contributed by atoms with Crippen molar-refractivity contribution < 1.29 is 0 Å². The van der Waals surface area contributed by atoms with Crippen LogP contribution >= 0.6 is 0 Å². The van der Waals surface area contributed by atoms with E-state index in [0.29, 0.717) is 6.54 Å². The van der Waals surface area contributed by atoms with Gasteiger partial charge in [-0.3, -0.25) is 0 Å². The van der Waals surface area contributed by atoms with Crippen molar-refractivity contribution in [1.29, 1.82) is 0 Å². The van der Waals surface area contributed by atoms with E-state index in [1.54, 1.807) is 0 Å². The van der Waals surface area contributed by atoms with Crippen molar-refractivity contribution in [2.24, 2.45) is 0 Å². The zero-order chi connectivity index (χ0) is 8.65. The van der Waals surface area contributed by atoms with Gasteiger partial charge < -0.3 is 5.32 Å². The number of hydrogen-bond acceptors (Lipinski definition) is 1. The van der Waals surface area contributed by atoms with Gasteiger partial charge in [-0.2, -0.15) is 0 Å². The van der Waals surface area contributed by atoms with Crippen LogP contribution in [0.25, 0.3) is 0 Å². The van der Waals surface area contributed by atoms with Crippen molar-refractivity contribution in [1.82, 2.24) is 5.32 Å². The summed E-state index contributed by atoms with van der Waals surface area (Å²) >= 11 is 0. The largest absolute Gasteiger partial charge is 0.302 e. The average molecular weight is 159 g/mol. The smallest absolute Gasteiger partial charge is 0.0576 e.